The molecule has 0 unspecified atom stereocenters. The lowest BCUT2D eigenvalue weighted by Gasteiger charge is -2.09. The third kappa shape index (κ3) is 2.42. The summed E-state index contributed by atoms with van der Waals surface area (Å²) in [6.07, 6.45) is 6.12. The second kappa shape index (κ2) is 5.67. The number of aromatic amines is 1. The first-order chi connectivity index (χ1) is 11.6. The third-order valence-corrected chi connectivity index (χ3v) is 4.16. The second-order valence-electron chi connectivity index (χ2n) is 6.35. The van der Waals surface area contributed by atoms with Crippen molar-refractivity contribution in [3.63, 3.8) is 0 Å². The lowest BCUT2D eigenvalue weighted by atomic mass is 10.1. The van der Waals surface area contributed by atoms with E-state index in [1.165, 1.54) is 0 Å². The molecule has 24 heavy (non-hydrogen) atoms. The summed E-state index contributed by atoms with van der Waals surface area (Å²) in [5.74, 6) is 1.22. The average molecular weight is 321 g/mol. The van der Waals surface area contributed by atoms with Crippen molar-refractivity contribution < 1.29 is 0 Å². The normalized spacial score (nSPS) is 15.0. The molecule has 0 saturated carbocycles. The molecule has 0 saturated heterocycles. The molecular weight excluding hydrogens is 302 g/mol. The first kappa shape index (κ1) is 14.7. The van der Waals surface area contributed by atoms with Crippen LogP contribution in [-0.4, -0.2) is 35.7 Å². The number of H-pyrrole nitrogens is 1. The Hall–Kier alpha value is -2.83. The molecule has 0 atom stereocenters. The van der Waals surface area contributed by atoms with Crippen LogP contribution in [0.1, 0.15) is 51.0 Å². The van der Waals surface area contributed by atoms with E-state index in [2.05, 4.69) is 50.5 Å². The zero-order valence-electron chi connectivity index (χ0n) is 14.0. The van der Waals surface area contributed by atoms with Crippen molar-refractivity contribution in [3.05, 3.63) is 35.9 Å². The molecule has 0 amide bonds. The van der Waals surface area contributed by atoms with Crippen LogP contribution in [0.2, 0.25) is 0 Å². The molecule has 0 radical (unpaired) electrons. The predicted molar refractivity (Wildman–Crippen MR) is 92.8 cm³/mol. The number of fused-ring (bicyclic) bond motifs is 1. The van der Waals surface area contributed by atoms with E-state index in [0.29, 0.717) is 5.92 Å². The molecule has 0 fully saturated rings. The molecule has 7 heteroatoms. The lowest BCUT2D eigenvalue weighted by Crippen LogP contribution is -2.00. The number of hydrogen-bond acceptors (Lipinski definition) is 5. The Labute approximate surface area is 139 Å². The van der Waals surface area contributed by atoms with Crippen molar-refractivity contribution in [2.45, 2.75) is 39.5 Å². The summed E-state index contributed by atoms with van der Waals surface area (Å²) in [6, 6.07) is 3.95. The van der Waals surface area contributed by atoms with Crippen LogP contribution in [0.4, 0.5) is 0 Å². The maximum atomic E-state index is 4.63. The quantitative estimate of drug-likeness (QED) is 0.802. The van der Waals surface area contributed by atoms with Crippen LogP contribution in [0.3, 0.4) is 0 Å². The van der Waals surface area contributed by atoms with E-state index < -0.39 is 0 Å². The van der Waals surface area contributed by atoms with Crippen LogP contribution >= 0.6 is 0 Å². The van der Waals surface area contributed by atoms with Crippen LogP contribution < -0.4 is 0 Å². The van der Waals surface area contributed by atoms with Crippen LogP contribution in [-0.2, 0) is 0 Å². The van der Waals surface area contributed by atoms with E-state index in [-0.39, 0.29) is 0 Å². The number of nitrogens with zero attached hydrogens (tertiary/aromatic N) is 6. The van der Waals surface area contributed by atoms with Gasteiger partial charge in [-0.2, -0.15) is 15.4 Å². The Bertz CT molecular complexity index is 958. The molecule has 3 aromatic rings. The standard InChI is InChI=1S/C17H19N7/c1-10(2)17-22-19-14-8-7-12(9-24(14)17)15-16(21-23-20-15)13-6-4-5-11(3)18-13/h6-10H,4-5H2,1-3H3,(H,20,21,23). The van der Waals surface area contributed by atoms with Crippen LogP contribution in [0.25, 0.3) is 22.6 Å². The largest absolute Gasteiger partial charge is 0.286 e. The highest BCUT2D eigenvalue weighted by Crippen LogP contribution is 2.29. The van der Waals surface area contributed by atoms with Crippen LogP contribution in [0.15, 0.2) is 29.4 Å². The number of allylic oxidation sites excluding steroid dienone is 1. The van der Waals surface area contributed by atoms with Crippen LogP contribution in [0.5, 0.6) is 0 Å². The van der Waals surface area contributed by atoms with Crippen LogP contribution in [0, 0.1) is 0 Å². The molecule has 1 aliphatic heterocycles. The fourth-order valence-corrected chi connectivity index (χ4v) is 2.93. The molecule has 0 bridgehead atoms. The molecule has 4 rings (SSSR count). The van der Waals surface area contributed by atoms with Gasteiger partial charge >= 0.3 is 0 Å². The number of aliphatic imine (C=N–C) groups is 1. The van der Waals surface area contributed by atoms with Gasteiger partial charge in [-0.05, 0) is 31.9 Å². The van der Waals surface area contributed by atoms with Crippen molar-refractivity contribution in [2.24, 2.45) is 4.99 Å². The van der Waals surface area contributed by atoms with Gasteiger partial charge in [0.25, 0.3) is 0 Å². The maximum Gasteiger partial charge on any atom is 0.160 e. The summed E-state index contributed by atoms with van der Waals surface area (Å²) in [4.78, 5) is 4.63. The molecule has 1 N–H and O–H groups in total. The fraction of sp³-hybridized carbons (Fsp3) is 0.353. The summed E-state index contributed by atoms with van der Waals surface area (Å²) in [5, 5.41) is 19.9. The van der Waals surface area contributed by atoms with Gasteiger partial charge in [-0.3, -0.25) is 9.39 Å². The summed E-state index contributed by atoms with van der Waals surface area (Å²) in [5.41, 5.74) is 5.39. The highest BCUT2D eigenvalue weighted by atomic mass is 15.3. The van der Waals surface area contributed by atoms with Gasteiger partial charge in [0.05, 0.1) is 5.70 Å². The van der Waals surface area contributed by atoms with E-state index in [0.717, 1.165) is 52.7 Å². The second-order valence-corrected chi connectivity index (χ2v) is 6.35. The Balaban J connectivity index is 1.83. The van der Waals surface area contributed by atoms with E-state index >= 15 is 0 Å². The summed E-state index contributed by atoms with van der Waals surface area (Å²) < 4.78 is 2.02. The number of aromatic nitrogens is 6. The molecule has 1 aliphatic rings. The van der Waals surface area contributed by atoms with Crippen molar-refractivity contribution in [1.29, 1.82) is 0 Å². The van der Waals surface area contributed by atoms with Gasteiger partial charge in [-0.15, -0.1) is 10.2 Å². The first-order valence-corrected chi connectivity index (χ1v) is 8.14. The van der Waals surface area contributed by atoms with Gasteiger partial charge in [-0.25, -0.2) is 0 Å². The number of nitrogens with one attached hydrogen (secondary N) is 1. The van der Waals surface area contributed by atoms with E-state index in [1.807, 2.05) is 29.7 Å². The van der Waals surface area contributed by atoms with Crippen molar-refractivity contribution in [3.8, 4) is 11.3 Å². The number of pyridine rings is 1. The van der Waals surface area contributed by atoms with Gasteiger partial charge < -0.3 is 0 Å². The summed E-state index contributed by atoms with van der Waals surface area (Å²) >= 11 is 0. The minimum Gasteiger partial charge on any atom is -0.286 e. The predicted octanol–water partition coefficient (Wildman–Crippen LogP) is 3.23. The maximum absolute atomic E-state index is 4.63. The first-order valence-electron chi connectivity index (χ1n) is 8.14. The Morgan fingerprint density at radius 1 is 1.12 bits per heavy atom. The summed E-state index contributed by atoms with van der Waals surface area (Å²) in [7, 11) is 0. The molecule has 0 aliphatic carbocycles. The molecule has 0 spiro atoms. The lowest BCUT2D eigenvalue weighted by molar-refractivity contribution is 0.759. The van der Waals surface area contributed by atoms with Crippen molar-refractivity contribution in [1.82, 2.24) is 30.0 Å². The smallest absolute Gasteiger partial charge is 0.160 e. The Morgan fingerprint density at radius 2 is 1.96 bits per heavy atom. The van der Waals surface area contributed by atoms with Crippen molar-refractivity contribution >= 4 is 17.1 Å². The average Bonchev–Trinajstić information content (AvgIpc) is 3.21. The minimum absolute atomic E-state index is 0.292. The number of hydrogen-bond donors (Lipinski definition) is 1. The van der Waals surface area contributed by atoms with Gasteiger partial charge in [0, 0.05) is 23.4 Å². The zero-order chi connectivity index (χ0) is 16.7. The SMILES string of the molecule is CC1=NC(c2n[nH]nc2-c2ccc3nnc(C(C)C)n3c2)=CCC1. The van der Waals surface area contributed by atoms with E-state index in [1.54, 1.807) is 0 Å². The molecular formula is C17H19N7. The number of rotatable bonds is 3. The minimum atomic E-state index is 0.292. The van der Waals surface area contributed by atoms with Gasteiger partial charge in [0.2, 0.25) is 0 Å². The molecule has 7 nitrogen and oxygen atoms in total. The van der Waals surface area contributed by atoms with E-state index in [9.17, 15) is 0 Å². The third-order valence-electron chi connectivity index (χ3n) is 4.16. The molecule has 4 heterocycles. The Kier molecular flexibility index (Phi) is 3.48. The van der Waals surface area contributed by atoms with Gasteiger partial charge in [-0.1, -0.05) is 19.9 Å². The molecule has 0 aromatic carbocycles. The Morgan fingerprint density at radius 3 is 2.75 bits per heavy atom. The van der Waals surface area contributed by atoms with Crippen molar-refractivity contribution in [2.75, 3.05) is 0 Å². The highest BCUT2D eigenvalue weighted by Gasteiger charge is 2.18. The monoisotopic (exact) mass is 321 g/mol. The zero-order valence-corrected chi connectivity index (χ0v) is 14.0. The molecule has 122 valence electrons. The fourth-order valence-electron chi connectivity index (χ4n) is 2.93. The molecule has 3 aromatic heterocycles. The highest BCUT2D eigenvalue weighted by molar-refractivity contribution is 5.91. The topological polar surface area (TPSA) is 84.1 Å². The van der Waals surface area contributed by atoms with E-state index in [4.69, 9.17) is 0 Å². The van der Waals surface area contributed by atoms with Gasteiger partial charge in [0.1, 0.15) is 17.2 Å². The van der Waals surface area contributed by atoms with Gasteiger partial charge in [0.15, 0.2) is 5.65 Å². The summed E-state index contributed by atoms with van der Waals surface area (Å²) in [6.45, 7) is 6.26.